The first-order valence-corrected chi connectivity index (χ1v) is 11.8. The molecule has 0 saturated heterocycles. The van der Waals surface area contributed by atoms with Gasteiger partial charge in [-0.1, -0.05) is 63.7 Å². The highest BCUT2D eigenvalue weighted by atomic mass is 19.3. The van der Waals surface area contributed by atoms with E-state index in [1.165, 1.54) is 40.7 Å². The summed E-state index contributed by atoms with van der Waals surface area (Å²) in [6, 6.07) is 6.46. The standard InChI is InChI=1S/C27H39BF2N/c1-7-22(8-2)19(3)11-9-12-20(4)24-14-10-13-23-17-26(28-18-25(23)24)31-21(5)15-16-27(6,29)30/h10,13-14,22,26,31H,3-5,7-9,11-12,15-18H2,1-2,6H3. The third kappa shape index (κ3) is 7.98. The second-order valence-electron chi connectivity index (χ2n) is 9.14. The Labute approximate surface area is 189 Å². The van der Waals surface area contributed by atoms with Gasteiger partial charge in [-0.15, -0.1) is 0 Å². The lowest BCUT2D eigenvalue weighted by Gasteiger charge is -2.29. The molecule has 2 rings (SSSR count). The minimum Gasteiger partial charge on any atom is -0.394 e. The Bertz CT molecular complexity index is 774. The van der Waals surface area contributed by atoms with Gasteiger partial charge in [-0.2, -0.15) is 0 Å². The van der Waals surface area contributed by atoms with E-state index >= 15 is 0 Å². The lowest BCUT2D eigenvalue weighted by molar-refractivity contribution is 0.0129. The largest absolute Gasteiger partial charge is 0.394 e. The summed E-state index contributed by atoms with van der Waals surface area (Å²) >= 11 is 0. The van der Waals surface area contributed by atoms with E-state index in [1.807, 2.05) is 0 Å². The summed E-state index contributed by atoms with van der Waals surface area (Å²) < 4.78 is 26.2. The number of allylic oxidation sites excluding steroid dienone is 3. The van der Waals surface area contributed by atoms with Crippen LogP contribution in [0.15, 0.2) is 49.2 Å². The molecule has 1 atom stereocenters. The molecule has 0 aromatic heterocycles. The highest BCUT2D eigenvalue weighted by molar-refractivity contribution is 6.38. The van der Waals surface area contributed by atoms with Crippen LogP contribution in [0.25, 0.3) is 5.57 Å². The second kappa shape index (κ2) is 11.7. The van der Waals surface area contributed by atoms with E-state index in [2.05, 4.69) is 64.4 Å². The van der Waals surface area contributed by atoms with E-state index in [0.717, 1.165) is 38.9 Å². The highest BCUT2D eigenvalue weighted by Crippen LogP contribution is 2.30. The zero-order valence-corrected chi connectivity index (χ0v) is 19.7. The van der Waals surface area contributed by atoms with Gasteiger partial charge in [0, 0.05) is 12.1 Å². The lowest BCUT2D eigenvalue weighted by atomic mass is 9.57. The molecule has 1 heterocycles. The summed E-state index contributed by atoms with van der Waals surface area (Å²) in [6.07, 6.45) is 7.31. The summed E-state index contributed by atoms with van der Waals surface area (Å²) in [7, 11) is 2.24. The topological polar surface area (TPSA) is 12.0 Å². The Hall–Kier alpha value is -1.84. The molecule has 31 heavy (non-hydrogen) atoms. The second-order valence-corrected chi connectivity index (χ2v) is 9.14. The predicted molar refractivity (Wildman–Crippen MR) is 132 cm³/mol. The van der Waals surface area contributed by atoms with Crippen LogP contribution in [-0.4, -0.2) is 19.1 Å². The summed E-state index contributed by atoms with van der Waals surface area (Å²) in [5, 5.41) is 3.33. The molecule has 1 nitrogen and oxygen atoms in total. The number of rotatable bonds is 13. The molecule has 0 amide bonds. The van der Waals surface area contributed by atoms with E-state index in [1.54, 1.807) is 0 Å². The van der Waals surface area contributed by atoms with Gasteiger partial charge in [0.25, 0.3) is 0 Å². The van der Waals surface area contributed by atoms with Crippen LogP contribution in [0.4, 0.5) is 8.78 Å². The third-order valence-corrected chi connectivity index (χ3v) is 6.49. The van der Waals surface area contributed by atoms with Crippen molar-refractivity contribution in [2.45, 2.75) is 90.3 Å². The maximum Gasteiger partial charge on any atom is 0.245 e. The molecule has 1 aliphatic heterocycles. The van der Waals surface area contributed by atoms with Crippen molar-refractivity contribution >= 4 is 12.9 Å². The van der Waals surface area contributed by atoms with Crippen LogP contribution in [0.3, 0.4) is 0 Å². The molecule has 1 aromatic rings. The van der Waals surface area contributed by atoms with E-state index < -0.39 is 5.92 Å². The third-order valence-electron chi connectivity index (χ3n) is 6.49. The molecule has 0 aliphatic carbocycles. The monoisotopic (exact) mass is 426 g/mol. The number of halogens is 2. The molecule has 169 valence electrons. The zero-order chi connectivity index (χ0) is 23.0. The molecule has 0 fully saturated rings. The number of nitrogens with one attached hydrogen (secondary N) is 1. The first kappa shape index (κ1) is 25.4. The number of alkyl halides is 2. The average molecular weight is 426 g/mol. The van der Waals surface area contributed by atoms with E-state index in [9.17, 15) is 8.78 Å². The summed E-state index contributed by atoms with van der Waals surface area (Å²) in [6.45, 7) is 18.1. The van der Waals surface area contributed by atoms with Crippen molar-refractivity contribution in [1.29, 1.82) is 0 Å². The first-order valence-electron chi connectivity index (χ1n) is 11.8. The van der Waals surface area contributed by atoms with E-state index in [4.69, 9.17) is 0 Å². The molecule has 0 spiro atoms. The number of benzene rings is 1. The van der Waals surface area contributed by atoms with Gasteiger partial charge < -0.3 is 5.32 Å². The molecule has 1 unspecified atom stereocenters. The molecule has 1 aromatic carbocycles. The van der Waals surface area contributed by atoms with Crippen LogP contribution in [0.1, 0.15) is 82.4 Å². The summed E-state index contributed by atoms with van der Waals surface area (Å²) in [5.41, 5.74) is 7.19. The summed E-state index contributed by atoms with van der Waals surface area (Å²) in [5.74, 6) is -1.88. The molecule has 0 bridgehead atoms. The summed E-state index contributed by atoms with van der Waals surface area (Å²) in [4.78, 5) is 0. The molecule has 1 N–H and O–H groups in total. The van der Waals surface area contributed by atoms with Crippen molar-refractivity contribution in [2.75, 3.05) is 0 Å². The Morgan fingerprint density at radius 3 is 2.52 bits per heavy atom. The van der Waals surface area contributed by atoms with Crippen LogP contribution < -0.4 is 5.32 Å². The first-order chi connectivity index (χ1) is 14.6. The smallest absolute Gasteiger partial charge is 0.245 e. The Balaban J connectivity index is 1.91. The number of hydrogen-bond acceptors (Lipinski definition) is 1. The van der Waals surface area contributed by atoms with E-state index in [-0.39, 0.29) is 12.4 Å². The van der Waals surface area contributed by atoms with Gasteiger partial charge in [0.05, 0.1) is 0 Å². The van der Waals surface area contributed by atoms with Gasteiger partial charge >= 0.3 is 0 Å². The van der Waals surface area contributed by atoms with Gasteiger partial charge in [-0.05, 0) is 86.0 Å². The van der Waals surface area contributed by atoms with Crippen molar-refractivity contribution in [2.24, 2.45) is 5.92 Å². The normalized spacial score (nSPS) is 15.9. The van der Waals surface area contributed by atoms with Crippen molar-refractivity contribution in [3.05, 3.63) is 65.9 Å². The Morgan fingerprint density at radius 1 is 1.16 bits per heavy atom. The average Bonchev–Trinajstić information content (AvgIpc) is 2.72. The molecule has 4 heteroatoms. The van der Waals surface area contributed by atoms with Gasteiger partial charge in [-0.25, -0.2) is 8.78 Å². The van der Waals surface area contributed by atoms with Crippen LogP contribution >= 0.6 is 0 Å². The maximum absolute atomic E-state index is 13.1. The van der Waals surface area contributed by atoms with Crippen LogP contribution in [0.2, 0.25) is 0 Å². The predicted octanol–water partition coefficient (Wildman–Crippen LogP) is 7.49. The van der Waals surface area contributed by atoms with Crippen LogP contribution in [-0.2, 0) is 12.7 Å². The van der Waals surface area contributed by atoms with Crippen molar-refractivity contribution in [3.63, 3.8) is 0 Å². The highest BCUT2D eigenvalue weighted by Gasteiger charge is 2.24. The molecular formula is C27H39BF2N. The molecule has 1 aliphatic rings. The van der Waals surface area contributed by atoms with Crippen LogP contribution in [0.5, 0.6) is 0 Å². The van der Waals surface area contributed by atoms with Gasteiger partial charge in [0.15, 0.2) is 0 Å². The zero-order valence-electron chi connectivity index (χ0n) is 19.7. The SMILES string of the molecule is C=C(CCC(C)(F)F)NC1[B]Cc2c(cccc2C(=C)CCCC(=C)C(CC)CC)C1. The van der Waals surface area contributed by atoms with Crippen molar-refractivity contribution in [3.8, 4) is 0 Å². The molecule has 0 saturated carbocycles. The fourth-order valence-corrected chi connectivity index (χ4v) is 4.53. The van der Waals surface area contributed by atoms with Crippen LogP contribution in [0, 0.1) is 5.92 Å². The molecular weight excluding hydrogens is 387 g/mol. The fraction of sp³-hybridized carbons (Fsp3) is 0.556. The van der Waals surface area contributed by atoms with E-state index in [0.29, 0.717) is 18.0 Å². The van der Waals surface area contributed by atoms with Gasteiger partial charge in [0.2, 0.25) is 5.92 Å². The van der Waals surface area contributed by atoms with Gasteiger partial charge in [0.1, 0.15) is 7.28 Å². The minimum atomic E-state index is -2.65. The maximum atomic E-state index is 13.1. The Morgan fingerprint density at radius 2 is 1.87 bits per heavy atom. The molecule has 1 radical (unpaired) electrons. The van der Waals surface area contributed by atoms with Gasteiger partial charge in [-0.3, -0.25) is 0 Å². The Kier molecular flexibility index (Phi) is 9.59. The quantitative estimate of drug-likeness (QED) is 0.255. The fourth-order valence-electron chi connectivity index (χ4n) is 4.53. The lowest BCUT2D eigenvalue weighted by Crippen LogP contribution is -2.40. The number of fused-ring (bicyclic) bond motifs is 1. The van der Waals surface area contributed by atoms with Crippen molar-refractivity contribution < 1.29 is 8.78 Å². The van der Waals surface area contributed by atoms with Crippen molar-refractivity contribution in [1.82, 2.24) is 5.32 Å². The number of hydrogen-bond donors (Lipinski definition) is 1. The minimum absolute atomic E-state index is 0.136.